The van der Waals surface area contributed by atoms with Gasteiger partial charge in [0.2, 0.25) is 0 Å². The molecule has 0 atom stereocenters. The van der Waals surface area contributed by atoms with Gasteiger partial charge in [-0.2, -0.15) is 0 Å². The van der Waals surface area contributed by atoms with Crippen molar-refractivity contribution in [3.63, 3.8) is 0 Å². The van der Waals surface area contributed by atoms with Crippen LogP contribution < -0.4 is 10.2 Å². The second kappa shape index (κ2) is 9.64. The number of carbonyl (C=O) groups is 1. The van der Waals surface area contributed by atoms with Crippen molar-refractivity contribution >= 4 is 35.2 Å². The van der Waals surface area contributed by atoms with E-state index in [1.807, 2.05) is 24.9 Å². The van der Waals surface area contributed by atoms with E-state index in [4.69, 9.17) is 5.11 Å². The zero-order valence-corrected chi connectivity index (χ0v) is 17.2. The summed E-state index contributed by atoms with van der Waals surface area (Å²) in [5.74, 6) is 3.14. The van der Waals surface area contributed by atoms with Crippen molar-refractivity contribution in [3.05, 3.63) is 36.7 Å². The summed E-state index contributed by atoms with van der Waals surface area (Å²) in [6.45, 7) is 4.21. The first-order valence-corrected chi connectivity index (χ1v) is 10.5. The summed E-state index contributed by atoms with van der Waals surface area (Å²) in [5.41, 5.74) is 0.994. The van der Waals surface area contributed by atoms with Gasteiger partial charge in [-0.25, -0.2) is 14.8 Å². The first-order chi connectivity index (χ1) is 13.5. The molecule has 0 aliphatic carbocycles. The van der Waals surface area contributed by atoms with E-state index in [0.29, 0.717) is 19.0 Å². The minimum absolute atomic E-state index is 0.468. The zero-order chi connectivity index (χ0) is 19.9. The highest BCUT2D eigenvalue weighted by molar-refractivity contribution is 7.99. The van der Waals surface area contributed by atoms with Gasteiger partial charge in [0.1, 0.15) is 18.0 Å². The van der Waals surface area contributed by atoms with Crippen molar-refractivity contribution in [1.29, 1.82) is 0 Å². The van der Waals surface area contributed by atoms with E-state index in [2.05, 4.69) is 51.4 Å². The molecular weight excluding hydrogens is 374 g/mol. The number of rotatable bonds is 7. The summed E-state index contributed by atoms with van der Waals surface area (Å²) < 4.78 is 0. The summed E-state index contributed by atoms with van der Waals surface area (Å²) in [7, 11) is 2.02. The average molecular weight is 402 g/mol. The van der Waals surface area contributed by atoms with Gasteiger partial charge in [-0.15, -0.1) is 11.8 Å². The third-order valence-corrected chi connectivity index (χ3v) is 5.79. The molecule has 2 aromatic rings. The van der Waals surface area contributed by atoms with E-state index in [0.717, 1.165) is 42.5 Å². The Balaban J connectivity index is 1.57. The monoisotopic (exact) mass is 401 g/mol. The maximum Gasteiger partial charge on any atom is 0.407 e. The molecule has 0 unspecified atom stereocenters. The van der Waals surface area contributed by atoms with Crippen LogP contribution in [0.3, 0.4) is 0 Å². The predicted molar refractivity (Wildman–Crippen MR) is 114 cm³/mol. The van der Waals surface area contributed by atoms with Crippen LogP contribution in [0.5, 0.6) is 0 Å². The first kappa shape index (κ1) is 20.3. The Morgan fingerprint density at radius 2 is 2.00 bits per heavy atom. The summed E-state index contributed by atoms with van der Waals surface area (Å²) in [5, 5.41) is 12.4. The first-order valence-electron chi connectivity index (χ1n) is 9.56. The highest BCUT2D eigenvalue weighted by atomic mass is 32.2. The number of benzene rings is 1. The van der Waals surface area contributed by atoms with Crippen molar-refractivity contribution in [1.82, 2.24) is 14.9 Å². The highest BCUT2D eigenvalue weighted by Gasteiger charge is 2.23. The Morgan fingerprint density at radius 1 is 1.29 bits per heavy atom. The van der Waals surface area contributed by atoms with Crippen LogP contribution in [-0.4, -0.2) is 58.5 Å². The lowest BCUT2D eigenvalue weighted by atomic mass is 9.96. The zero-order valence-electron chi connectivity index (χ0n) is 16.3. The molecule has 1 fully saturated rings. The van der Waals surface area contributed by atoms with Crippen molar-refractivity contribution in [2.75, 3.05) is 42.7 Å². The Bertz CT molecular complexity index is 778. The van der Waals surface area contributed by atoms with E-state index < -0.39 is 6.09 Å². The predicted octanol–water partition coefficient (Wildman–Crippen LogP) is 4.16. The quantitative estimate of drug-likeness (QED) is 0.674. The number of hydrogen-bond acceptors (Lipinski definition) is 6. The standard InChI is InChI=1S/C20H27N5O2S/c1-3-28-17-6-4-16(5-7-17)23-18-12-19(22-14-21-18)24(2)13-15-8-10-25(11-9-15)20(26)27/h4-7,12,14-15H,3,8-11,13H2,1-2H3,(H,26,27)(H,21,22,23). The fourth-order valence-corrected chi connectivity index (χ4v) is 4.02. The SMILES string of the molecule is CCSc1ccc(Nc2cc(N(C)CC3CCN(C(=O)O)CC3)ncn2)cc1. The number of piperidine rings is 1. The summed E-state index contributed by atoms with van der Waals surface area (Å²) >= 11 is 1.82. The van der Waals surface area contributed by atoms with Gasteiger partial charge in [0.15, 0.2) is 0 Å². The minimum Gasteiger partial charge on any atom is -0.465 e. The van der Waals surface area contributed by atoms with Crippen molar-refractivity contribution in [2.24, 2.45) is 5.92 Å². The van der Waals surface area contributed by atoms with Gasteiger partial charge in [-0.3, -0.25) is 0 Å². The van der Waals surface area contributed by atoms with E-state index in [1.165, 1.54) is 9.80 Å². The van der Waals surface area contributed by atoms with E-state index >= 15 is 0 Å². The van der Waals surface area contributed by atoms with Crippen molar-refractivity contribution in [3.8, 4) is 0 Å². The van der Waals surface area contributed by atoms with Crippen LogP contribution >= 0.6 is 11.8 Å². The van der Waals surface area contributed by atoms with E-state index in [9.17, 15) is 4.79 Å². The van der Waals surface area contributed by atoms with E-state index in [1.54, 1.807) is 6.33 Å². The van der Waals surface area contributed by atoms with Crippen LogP contribution in [-0.2, 0) is 0 Å². The molecule has 1 amide bonds. The second-order valence-electron chi connectivity index (χ2n) is 6.94. The molecule has 8 heteroatoms. The molecule has 0 saturated carbocycles. The van der Waals surface area contributed by atoms with Gasteiger partial charge in [-0.05, 0) is 48.8 Å². The number of thioether (sulfide) groups is 1. The Kier molecular flexibility index (Phi) is 6.97. The molecule has 0 bridgehead atoms. The number of carboxylic acid groups (broad SMARTS) is 1. The van der Waals surface area contributed by atoms with E-state index in [-0.39, 0.29) is 0 Å². The molecule has 0 spiro atoms. The molecule has 2 N–H and O–H groups in total. The molecular formula is C20H27N5O2S. The Labute approximate surface area is 170 Å². The molecule has 1 saturated heterocycles. The average Bonchev–Trinajstić information content (AvgIpc) is 2.70. The number of nitrogens with zero attached hydrogens (tertiary/aromatic N) is 4. The third-order valence-electron chi connectivity index (χ3n) is 4.90. The van der Waals surface area contributed by atoms with Gasteiger partial charge in [0.25, 0.3) is 0 Å². The number of likely N-dealkylation sites (tertiary alicyclic amines) is 1. The van der Waals surface area contributed by atoms with Crippen LogP contribution in [0.4, 0.5) is 22.1 Å². The number of hydrogen-bond donors (Lipinski definition) is 2. The third kappa shape index (κ3) is 5.51. The summed E-state index contributed by atoms with van der Waals surface area (Å²) in [6.07, 6.45) is 2.52. The fourth-order valence-electron chi connectivity index (χ4n) is 3.36. The van der Waals surface area contributed by atoms with Crippen LogP contribution in [0.1, 0.15) is 19.8 Å². The smallest absolute Gasteiger partial charge is 0.407 e. The van der Waals surface area contributed by atoms with Gasteiger partial charge >= 0.3 is 6.09 Å². The van der Waals surface area contributed by atoms with Gasteiger partial charge in [0.05, 0.1) is 0 Å². The number of anilines is 3. The molecule has 28 heavy (non-hydrogen) atoms. The topological polar surface area (TPSA) is 81.6 Å². The Hall–Kier alpha value is -2.48. The molecule has 0 radical (unpaired) electrons. The number of aromatic nitrogens is 2. The fraction of sp³-hybridized carbons (Fsp3) is 0.450. The molecule has 2 heterocycles. The molecule has 1 aromatic heterocycles. The lowest BCUT2D eigenvalue weighted by Crippen LogP contribution is -2.40. The molecule has 1 aliphatic rings. The molecule has 3 rings (SSSR count). The van der Waals surface area contributed by atoms with Gasteiger partial charge in [0, 0.05) is 43.3 Å². The molecule has 7 nitrogen and oxygen atoms in total. The highest BCUT2D eigenvalue weighted by Crippen LogP contribution is 2.24. The maximum atomic E-state index is 11.0. The van der Waals surface area contributed by atoms with Crippen LogP contribution in [0.2, 0.25) is 0 Å². The normalized spacial score (nSPS) is 14.7. The lowest BCUT2D eigenvalue weighted by molar-refractivity contribution is 0.125. The van der Waals surface area contributed by atoms with Crippen LogP contribution in [0.15, 0.2) is 41.6 Å². The van der Waals surface area contributed by atoms with Crippen LogP contribution in [0.25, 0.3) is 0 Å². The van der Waals surface area contributed by atoms with Gasteiger partial charge < -0.3 is 20.2 Å². The number of nitrogens with one attached hydrogen (secondary N) is 1. The Morgan fingerprint density at radius 3 is 2.64 bits per heavy atom. The molecule has 150 valence electrons. The minimum atomic E-state index is -0.820. The van der Waals surface area contributed by atoms with Crippen LogP contribution in [0, 0.1) is 5.92 Å². The molecule has 1 aromatic carbocycles. The molecule has 1 aliphatic heterocycles. The van der Waals surface area contributed by atoms with Crippen molar-refractivity contribution in [2.45, 2.75) is 24.7 Å². The maximum absolute atomic E-state index is 11.0. The summed E-state index contributed by atoms with van der Waals surface area (Å²) in [4.78, 5) is 24.6. The lowest BCUT2D eigenvalue weighted by Gasteiger charge is -2.32. The van der Waals surface area contributed by atoms with Gasteiger partial charge in [-0.1, -0.05) is 6.92 Å². The largest absolute Gasteiger partial charge is 0.465 e. The summed E-state index contributed by atoms with van der Waals surface area (Å²) in [6, 6.07) is 10.3. The second-order valence-corrected chi connectivity index (χ2v) is 8.27. The van der Waals surface area contributed by atoms with Crippen molar-refractivity contribution < 1.29 is 9.90 Å². The number of amides is 1.